The summed E-state index contributed by atoms with van der Waals surface area (Å²) in [6.45, 7) is 0.963. The molecule has 1 heterocycles. The van der Waals surface area contributed by atoms with Gasteiger partial charge in [-0.05, 0) is 43.2 Å². The van der Waals surface area contributed by atoms with E-state index in [1.165, 1.54) is 43.2 Å². The number of unbranched alkanes of at least 4 members (excludes halogenated alkanes) is 8. The maximum absolute atomic E-state index is 10.5. The van der Waals surface area contributed by atoms with Crippen LogP contribution in [0, 0.1) is 0 Å². The van der Waals surface area contributed by atoms with Gasteiger partial charge in [0.15, 0.2) is 0 Å². The molecule has 0 spiro atoms. The quantitative estimate of drug-likeness (QED) is 0.278. The fraction of sp³-hybridized carbons (Fsp3) is 0.407. The van der Waals surface area contributed by atoms with Crippen molar-refractivity contribution in [2.45, 2.75) is 64.2 Å². The second-order valence-corrected chi connectivity index (χ2v) is 8.18. The van der Waals surface area contributed by atoms with E-state index in [0.717, 1.165) is 43.6 Å². The van der Waals surface area contributed by atoms with Crippen molar-refractivity contribution in [3.05, 3.63) is 66.7 Å². The number of carboxylic acids is 1. The Hall–Kier alpha value is -2.88. The molecule has 0 amide bonds. The number of carbonyl (C=O) groups is 1. The molecule has 4 nitrogen and oxygen atoms in total. The molecule has 0 bridgehead atoms. The Bertz CT molecular complexity index is 927. The van der Waals surface area contributed by atoms with Gasteiger partial charge in [0, 0.05) is 24.0 Å². The molecular weight excluding hydrogens is 384 g/mol. The second-order valence-electron chi connectivity index (χ2n) is 8.18. The molecular formula is C27H34N2O2. The topological polar surface area (TPSA) is 53.4 Å². The molecule has 0 saturated carbocycles. The van der Waals surface area contributed by atoms with E-state index in [0.29, 0.717) is 6.42 Å². The first-order valence-electron chi connectivity index (χ1n) is 11.6. The Balaban J connectivity index is 1.44. The number of aliphatic carboxylic acids is 1. The van der Waals surface area contributed by atoms with Gasteiger partial charge in [0.05, 0.1) is 5.52 Å². The van der Waals surface area contributed by atoms with Gasteiger partial charge >= 0.3 is 5.97 Å². The molecule has 4 heteroatoms. The number of carboxylic acid groups (broad SMARTS) is 1. The number of fused-ring (bicyclic) bond motifs is 1. The summed E-state index contributed by atoms with van der Waals surface area (Å²) in [6, 6.07) is 23.1. The largest absolute Gasteiger partial charge is 0.481 e. The maximum atomic E-state index is 10.5. The lowest BCUT2D eigenvalue weighted by Gasteiger charge is -2.24. The number of aromatic nitrogens is 1. The highest BCUT2D eigenvalue weighted by Crippen LogP contribution is 2.26. The van der Waals surface area contributed by atoms with Crippen molar-refractivity contribution in [1.82, 2.24) is 4.98 Å². The fourth-order valence-electron chi connectivity index (χ4n) is 3.97. The summed E-state index contributed by atoms with van der Waals surface area (Å²) in [7, 11) is 0. The zero-order chi connectivity index (χ0) is 21.7. The Morgan fingerprint density at radius 3 is 2.03 bits per heavy atom. The lowest BCUT2D eigenvalue weighted by atomic mass is 10.1. The van der Waals surface area contributed by atoms with Gasteiger partial charge in [0.25, 0.3) is 0 Å². The first kappa shape index (κ1) is 22.8. The van der Waals surface area contributed by atoms with E-state index in [-0.39, 0.29) is 0 Å². The van der Waals surface area contributed by atoms with Gasteiger partial charge in [-0.3, -0.25) is 4.79 Å². The van der Waals surface area contributed by atoms with Crippen molar-refractivity contribution >= 4 is 28.4 Å². The SMILES string of the molecule is O=C(O)CCCCCCCCCCCN(c1ccccc1)c1ccc2ccccc2n1. The van der Waals surface area contributed by atoms with Crippen LogP contribution in [0.5, 0.6) is 0 Å². The van der Waals surface area contributed by atoms with Gasteiger partial charge in [-0.25, -0.2) is 4.98 Å². The van der Waals surface area contributed by atoms with Crippen molar-refractivity contribution in [2.75, 3.05) is 11.4 Å². The third-order valence-corrected chi connectivity index (χ3v) is 5.70. The van der Waals surface area contributed by atoms with Crippen LogP contribution < -0.4 is 4.90 Å². The van der Waals surface area contributed by atoms with E-state index in [1.54, 1.807) is 0 Å². The molecule has 0 aliphatic heterocycles. The van der Waals surface area contributed by atoms with Crippen LogP contribution in [0.3, 0.4) is 0 Å². The standard InChI is InChI=1S/C27H34N2O2/c30-27(31)19-11-6-4-2-1-3-5-7-14-22-29(24-16-9-8-10-17-24)26-21-20-23-15-12-13-18-25(23)28-26/h8-10,12-13,15-18,20-21H,1-7,11,14,19,22H2,(H,30,31). The summed E-state index contributed by atoms with van der Waals surface area (Å²) in [5, 5.41) is 9.83. The first-order chi connectivity index (χ1) is 15.2. The van der Waals surface area contributed by atoms with Crippen LogP contribution in [0.2, 0.25) is 0 Å². The Morgan fingerprint density at radius 1 is 0.710 bits per heavy atom. The zero-order valence-electron chi connectivity index (χ0n) is 18.4. The molecule has 3 rings (SSSR count). The molecule has 164 valence electrons. The van der Waals surface area contributed by atoms with Crippen LogP contribution in [0.4, 0.5) is 11.5 Å². The molecule has 1 aromatic heterocycles. The molecule has 0 fully saturated rings. The lowest BCUT2D eigenvalue weighted by molar-refractivity contribution is -0.137. The van der Waals surface area contributed by atoms with Gasteiger partial charge in [-0.1, -0.05) is 81.3 Å². The summed E-state index contributed by atoms with van der Waals surface area (Å²) in [5.74, 6) is 0.328. The summed E-state index contributed by atoms with van der Waals surface area (Å²) < 4.78 is 0. The van der Waals surface area contributed by atoms with Crippen LogP contribution in [0.25, 0.3) is 10.9 Å². The molecule has 0 aliphatic carbocycles. The van der Waals surface area contributed by atoms with Crippen molar-refractivity contribution in [3.8, 4) is 0 Å². The minimum Gasteiger partial charge on any atom is -0.481 e. The third-order valence-electron chi connectivity index (χ3n) is 5.70. The summed E-state index contributed by atoms with van der Waals surface area (Å²) in [6.07, 6.45) is 10.7. The molecule has 0 unspecified atom stereocenters. The minimum absolute atomic E-state index is 0.310. The molecule has 31 heavy (non-hydrogen) atoms. The first-order valence-corrected chi connectivity index (χ1v) is 11.6. The Labute approximate surface area is 185 Å². The number of para-hydroxylation sites is 2. The smallest absolute Gasteiger partial charge is 0.303 e. The normalized spacial score (nSPS) is 11.0. The molecule has 3 aromatic rings. The predicted octanol–water partition coefficient (Wildman–Crippen LogP) is 7.36. The summed E-state index contributed by atoms with van der Waals surface area (Å²) >= 11 is 0. The lowest BCUT2D eigenvalue weighted by Crippen LogP contribution is -2.19. The van der Waals surface area contributed by atoms with Crippen molar-refractivity contribution in [2.24, 2.45) is 0 Å². The van der Waals surface area contributed by atoms with Crippen LogP contribution in [-0.4, -0.2) is 22.6 Å². The van der Waals surface area contributed by atoms with Gasteiger partial charge in [-0.2, -0.15) is 0 Å². The number of nitrogens with zero attached hydrogens (tertiary/aromatic N) is 2. The van der Waals surface area contributed by atoms with E-state index in [9.17, 15) is 4.79 Å². The Kier molecular flexibility index (Phi) is 9.36. The summed E-state index contributed by atoms with van der Waals surface area (Å²) in [4.78, 5) is 17.8. The number of benzene rings is 2. The number of rotatable bonds is 14. The highest BCUT2D eigenvalue weighted by atomic mass is 16.4. The van der Waals surface area contributed by atoms with Crippen LogP contribution in [0.1, 0.15) is 64.2 Å². The van der Waals surface area contributed by atoms with E-state index < -0.39 is 5.97 Å². The zero-order valence-corrected chi connectivity index (χ0v) is 18.4. The predicted molar refractivity (Wildman–Crippen MR) is 129 cm³/mol. The van der Waals surface area contributed by atoms with E-state index in [1.807, 2.05) is 6.07 Å². The Morgan fingerprint density at radius 2 is 1.32 bits per heavy atom. The maximum Gasteiger partial charge on any atom is 0.303 e. The van der Waals surface area contributed by atoms with Crippen LogP contribution in [-0.2, 0) is 4.79 Å². The molecule has 2 aromatic carbocycles. The number of pyridine rings is 1. The molecule has 0 aliphatic rings. The number of hydrogen-bond acceptors (Lipinski definition) is 3. The summed E-state index contributed by atoms with van der Waals surface area (Å²) in [5.41, 5.74) is 2.22. The fourth-order valence-corrected chi connectivity index (χ4v) is 3.97. The third kappa shape index (κ3) is 7.71. The molecule has 1 N–H and O–H groups in total. The van der Waals surface area contributed by atoms with Crippen molar-refractivity contribution in [3.63, 3.8) is 0 Å². The van der Waals surface area contributed by atoms with Crippen molar-refractivity contribution in [1.29, 1.82) is 0 Å². The second kappa shape index (κ2) is 12.7. The highest BCUT2D eigenvalue weighted by Gasteiger charge is 2.11. The highest BCUT2D eigenvalue weighted by molar-refractivity contribution is 5.81. The average molecular weight is 419 g/mol. The molecule has 0 atom stereocenters. The van der Waals surface area contributed by atoms with Crippen LogP contribution in [0.15, 0.2) is 66.7 Å². The van der Waals surface area contributed by atoms with E-state index in [4.69, 9.17) is 10.1 Å². The van der Waals surface area contributed by atoms with E-state index >= 15 is 0 Å². The average Bonchev–Trinajstić information content (AvgIpc) is 2.80. The van der Waals surface area contributed by atoms with Crippen LogP contribution >= 0.6 is 0 Å². The molecule has 0 saturated heterocycles. The van der Waals surface area contributed by atoms with Crippen molar-refractivity contribution < 1.29 is 9.90 Å². The monoisotopic (exact) mass is 418 g/mol. The van der Waals surface area contributed by atoms with Gasteiger partial charge in [-0.15, -0.1) is 0 Å². The van der Waals surface area contributed by atoms with E-state index in [2.05, 4.69) is 65.6 Å². The number of hydrogen-bond donors (Lipinski definition) is 1. The molecule has 0 radical (unpaired) electrons. The van der Waals surface area contributed by atoms with Gasteiger partial charge in [0.2, 0.25) is 0 Å². The minimum atomic E-state index is -0.677. The number of anilines is 2. The van der Waals surface area contributed by atoms with Gasteiger partial charge < -0.3 is 10.0 Å². The van der Waals surface area contributed by atoms with Gasteiger partial charge in [0.1, 0.15) is 5.82 Å².